The molecule has 0 atom stereocenters. The van der Waals surface area contributed by atoms with Crippen molar-refractivity contribution in [1.29, 1.82) is 0 Å². The molecule has 2 fully saturated rings. The highest BCUT2D eigenvalue weighted by Gasteiger charge is 2.51. The molecule has 76 valence electrons. The molecule has 0 radical (unpaired) electrons. The molecule has 2 aliphatic rings. The second kappa shape index (κ2) is 3.82. The van der Waals surface area contributed by atoms with Crippen LogP contribution in [0.15, 0.2) is 0 Å². The molecule has 0 aromatic heterocycles. The largest absolute Gasteiger partial charge is 0.387 e. The summed E-state index contributed by atoms with van der Waals surface area (Å²) in [6, 6.07) is 0. The molecule has 0 amide bonds. The summed E-state index contributed by atoms with van der Waals surface area (Å²) in [5.41, 5.74) is -0.476. The molecule has 1 N–H and O–H groups in total. The van der Waals surface area contributed by atoms with Gasteiger partial charge >= 0.3 is 0 Å². The minimum Gasteiger partial charge on any atom is -0.387 e. The van der Waals surface area contributed by atoms with Crippen LogP contribution in [0.1, 0.15) is 38.5 Å². The fourth-order valence-corrected chi connectivity index (χ4v) is 4.62. The van der Waals surface area contributed by atoms with E-state index in [4.69, 9.17) is 0 Å². The summed E-state index contributed by atoms with van der Waals surface area (Å²) in [6.45, 7) is 0. The molecule has 0 unspecified atom stereocenters. The van der Waals surface area contributed by atoms with Gasteiger partial charge in [-0.05, 0) is 37.5 Å². The van der Waals surface area contributed by atoms with Crippen molar-refractivity contribution in [3.05, 3.63) is 0 Å². The van der Waals surface area contributed by atoms with Gasteiger partial charge in [-0.3, -0.25) is 0 Å². The van der Waals surface area contributed by atoms with Crippen LogP contribution in [0.25, 0.3) is 0 Å². The summed E-state index contributed by atoms with van der Waals surface area (Å²) >= 11 is 7.03. The van der Waals surface area contributed by atoms with Crippen LogP contribution < -0.4 is 0 Å². The Morgan fingerprint density at radius 3 is 1.62 bits per heavy atom. The standard InChI is InChI=1S/C10H16Br2O/c11-9(12)10(13)7-3-1-4-8(10)6-2-5-7/h7-9,13H,1-6H2. The first-order valence-electron chi connectivity index (χ1n) is 5.16. The van der Waals surface area contributed by atoms with Crippen molar-refractivity contribution >= 4 is 31.9 Å². The molecule has 0 saturated heterocycles. The van der Waals surface area contributed by atoms with Crippen molar-refractivity contribution in [2.75, 3.05) is 0 Å². The lowest BCUT2D eigenvalue weighted by Crippen LogP contribution is -2.54. The van der Waals surface area contributed by atoms with E-state index >= 15 is 0 Å². The van der Waals surface area contributed by atoms with E-state index in [-0.39, 0.29) is 3.74 Å². The molecule has 0 aliphatic heterocycles. The monoisotopic (exact) mass is 310 g/mol. The minimum atomic E-state index is -0.476. The summed E-state index contributed by atoms with van der Waals surface area (Å²) in [7, 11) is 0. The van der Waals surface area contributed by atoms with Crippen molar-refractivity contribution in [2.45, 2.75) is 47.9 Å². The van der Waals surface area contributed by atoms with Crippen LogP contribution in [0.3, 0.4) is 0 Å². The lowest BCUT2D eigenvalue weighted by Gasteiger charge is -2.50. The van der Waals surface area contributed by atoms with E-state index in [1.54, 1.807) is 0 Å². The van der Waals surface area contributed by atoms with Crippen LogP contribution in [-0.4, -0.2) is 14.4 Å². The third-order valence-corrected chi connectivity index (χ3v) is 5.33. The van der Waals surface area contributed by atoms with Gasteiger partial charge < -0.3 is 5.11 Å². The minimum absolute atomic E-state index is 0.0723. The highest BCUT2D eigenvalue weighted by atomic mass is 79.9. The van der Waals surface area contributed by atoms with Crippen LogP contribution in [0.5, 0.6) is 0 Å². The summed E-state index contributed by atoms with van der Waals surface area (Å²) in [6.07, 6.45) is 7.46. The normalized spacial score (nSPS) is 45.2. The Bertz CT molecular complexity index is 171. The van der Waals surface area contributed by atoms with Gasteiger partial charge in [0.15, 0.2) is 0 Å². The molecule has 0 aromatic rings. The Morgan fingerprint density at radius 2 is 1.38 bits per heavy atom. The third-order valence-electron chi connectivity index (χ3n) is 3.87. The predicted octanol–water partition coefficient (Wildman–Crippen LogP) is 3.43. The lowest BCUT2D eigenvalue weighted by molar-refractivity contribution is -0.104. The molecule has 2 rings (SSSR count). The van der Waals surface area contributed by atoms with E-state index < -0.39 is 5.60 Å². The Kier molecular flexibility index (Phi) is 3.07. The summed E-state index contributed by atoms with van der Waals surface area (Å²) in [5, 5.41) is 10.6. The number of hydrogen-bond donors (Lipinski definition) is 1. The first-order chi connectivity index (χ1) is 6.15. The van der Waals surface area contributed by atoms with Crippen LogP contribution in [-0.2, 0) is 0 Å². The molecule has 0 heterocycles. The molecular weight excluding hydrogens is 296 g/mol. The molecule has 13 heavy (non-hydrogen) atoms. The van der Waals surface area contributed by atoms with Gasteiger partial charge in [-0.2, -0.15) is 0 Å². The van der Waals surface area contributed by atoms with E-state index in [0.29, 0.717) is 11.8 Å². The highest BCUT2D eigenvalue weighted by Crippen LogP contribution is 2.51. The number of aliphatic hydroxyl groups is 1. The van der Waals surface area contributed by atoms with Gasteiger partial charge in [-0.25, -0.2) is 0 Å². The SMILES string of the molecule is OC1(C(Br)Br)C2CCCC1CCC2. The van der Waals surface area contributed by atoms with Crippen molar-refractivity contribution in [2.24, 2.45) is 11.8 Å². The smallest absolute Gasteiger partial charge is 0.0989 e. The Morgan fingerprint density at radius 1 is 1.00 bits per heavy atom. The fraction of sp³-hybridized carbons (Fsp3) is 1.00. The van der Waals surface area contributed by atoms with Crippen molar-refractivity contribution in [3.8, 4) is 0 Å². The Labute approximate surface area is 96.5 Å². The quantitative estimate of drug-likeness (QED) is 0.736. The number of alkyl halides is 2. The zero-order valence-corrected chi connectivity index (χ0v) is 10.8. The average molecular weight is 312 g/mol. The molecule has 3 heteroatoms. The lowest BCUT2D eigenvalue weighted by atomic mass is 9.62. The van der Waals surface area contributed by atoms with Crippen LogP contribution in [0, 0.1) is 11.8 Å². The Balaban J connectivity index is 2.23. The van der Waals surface area contributed by atoms with Gasteiger partial charge in [0.1, 0.15) is 0 Å². The molecule has 2 saturated carbocycles. The number of rotatable bonds is 1. The second-order valence-electron chi connectivity index (χ2n) is 4.44. The van der Waals surface area contributed by atoms with Gasteiger partial charge in [0.25, 0.3) is 0 Å². The predicted molar refractivity (Wildman–Crippen MR) is 61.3 cm³/mol. The second-order valence-corrected chi connectivity index (χ2v) is 7.50. The highest BCUT2D eigenvalue weighted by molar-refractivity contribution is 9.24. The molecule has 2 aliphatic carbocycles. The maximum atomic E-state index is 10.6. The van der Waals surface area contributed by atoms with E-state index in [1.807, 2.05) is 0 Å². The van der Waals surface area contributed by atoms with Crippen LogP contribution in [0.2, 0.25) is 0 Å². The molecular formula is C10H16Br2O. The zero-order chi connectivity index (χ0) is 9.47. The number of hydrogen-bond acceptors (Lipinski definition) is 1. The molecule has 1 nitrogen and oxygen atoms in total. The summed E-state index contributed by atoms with van der Waals surface area (Å²) < 4.78 is 0.0723. The van der Waals surface area contributed by atoms with Crippen molar-refractivity contribution in [3.63, 3.8) is 0 Å². The first kappa shape index (κ1) is 10.4. The molecule has 0 spiro atoms. The Hall–Kier alpha value is 0.920. The van der Waals surface area contributed by atoms with Crippen LogP contribution >= 0.6 is 31.9 Å². The van der Waals surface area contributed by atoms with Gasteiger partial charge in [0.05, 0.1) is 9.34 Å². The average Bonchev–Trinajstić information content (AvgIpc) is 2.02. The van der Waals surface area contributed by atoms with Crippen molar-refractivity contribution in [1.82, 2.24) is 0 Å². The van der Waals surface area contributed by atoms with Crippen LogP contribution in [0.4, 0.5) is 0 Å². The summed E-state index contributed by atoms with van der Waals surface area (Å²) in [5.74, 6) is 1.03. The molecule has 2 bridgehead atoms. The maximum Gasteiger partial charge on any atom is 0.0989 e. The van der Waals surface area contributed by atoms with Gasteiger partial charge in [-0.1, -0.05) is 44.7 Å². The fourth-order valence-electron chi connectivity index (χ4n) is 3.12. The van der Waals surface area contributed by atoms with Gasteiger partial charge in [-0.15, -0.1) is 0 Å². The van der Waals surface area contributed by atoms with Crippen molar-refractivity contribution < 1.29 is 5.11 Å². The van der Waals surface area contributed by atoms with E-state index in [0.717, 1.165) is 0 Å². The first-order valence-corrected chi connectivity index (χ1v) is 6.99. The van der Waals surface area contributed by atoms with E-state index in [9.17, 15) is 5.11 Å². The maximum absolute atomic E-state index is 10.6. The zero-order valence-electron chi connectivity index (χ0n) is 7.68. The van der Waals surface area contributed by atoms with E-state index in [2.05, 4.69) is 31.9 Å². The van der Waals surface area contributed by atoms with Gasteiger partial charge in [0, 0.05) is 0 Å². The number of fused-ring (bicyclic) bond motifs is 2. The summed E-state index contributed by atoms with van der Waals surface area (Å²) in [4.78, 5) is 0. The van der Waals surface area contributed by atoms with Gasteiger partial charge in [0.2, 0.25) is 0 Å². The number of halogens is 2. The molecule has 0 aromatic carbocycles. The van der Waals surface area contributed by atoms with E-state index in [1.165, 1.54) is 38.5 Å². The topological polar surface area (TPSA) is 20.2 Å². The third kappa shape index (κ3) is 1.61.